The lowest BCUT2D eigenvalue weighted by Gasteiger charge is -2.02. The standard InChI is InChI=1S/C8H8ClNO2S/c1-5-3-7(10(11)12)6(9)4-8(5)13-2/h3-4H,1-2H3. The summed E-state index contributed by atoms with van der Waals surface area (Å²) in [5.41, 5.74) is 0.848. The minimum absolute atomic E-state index is 0.0306. The number of hydrogen-bond donors (Lipinski definition) is 0. The molecule has 0 bridgehead atoms. The summed E-state index contributed by atoms with van der Waals surface area (Å²) in [7, 11) is 0. The summed E-state index contributed by atoms with van der Waals surface area (Å²) in [4.78, 5) is 11.0. The number of aryl methyl sites for hydroxylation is 1. The maximum atomic E-state index is 10.5. The first-order chi connectivity index (χ1) is 6.06. The van der Waals surface area contributed by atoms with Crippen LogP contribution in [0.5, 0.6) is 0 Å². The summed E-state index contributed by atoms with van der Waals surface area (Å²) in [6, 6.07) is 3.12. The molecule has 0 heterocycles. The molecule has 5 heteroatoms. The van der Waals surface area contributed by atoms with Crippen LogP contribution >= 0.6 is 23.4 Å². The van der Waals surface area contributed by atoms with Crippen LogP contribution < -0.4 is 0 Å². The molecular weight excluding hydrogens is 210 g/mol. The molecule has 0 saturated carbocycles. The van der Waals surface area contributed by atoms with Crippen LogP contribution in [0.2, 0.25) is 5.02 Å². The number of thioether (sulfide) groups is 1. The molecule has 13 heavy (non-hydrogen) atoms. The van der Waals surface area contributed by atoms with Crippen molar-refractivity contribution in [3.8, 4) is 0 Å². The van der Waals surface area contributed by atoms with Gasteiger partial charge in [0.2, 0.25) is 0 Å². The molecule has 0 fully saturated rings. The Morgan fingerprint density at radius 3 is 2.62 bits per heavy atom. The predicted molar refractivity (Wildman–Crippen MR) is 54.6 cm³/mol. The van der Waals surface area contributed by atoms with Gasteiger partial charge in [0.05, 0.1) is 4.92 Å². The average Bonchev–Trinajstić information content (AvgIpc) is 2.07. The number of hydrogen-bond acceptors (Lipinski definition) is 3. The molecule has 3 nitrogen and oxygen atoms in total. The Balaban J connectivity index is 3.28. The minimum Gasteiger partial charge on any atom is -0.258 e. The molecule has 0 aliphatic carbocycles. The van der Waals surface area contributed by atoms with Gasteiger partial charge in [-0.05, 0) is 24.8 Å². The monoisotopic (exact) mass is 217 g/mol. The Labute approximate surface area is 85.2 Å². The highest BCUT2D eigenvalue weighted by molar-refractivity contribution is 7.98. The van der Waals surface area contributed by atoms with Gasteiger partial charge in [-0.2, -0.15) is 0 Å². The number of nitro groups is 1. The van der Waals surface area contributed by atoms with Gasteiger partial charge in [0, 0.05) is 11.0 Å². The van der Waals surface area contributed by atoms with Crippen molar-refractivity contribution < 1.29 is 4.92 Å². The molecule has 0 amide bonds. The second kappa shape index (κ2) is 3.98. The van der Waals surface area contributed by atoms with Gasteiger partial charge >= 0.3 is 0 Å². The number of nitrogens with zero attached hydrogens (tertiary/aromatic N) is 1. The van der Waals surface area contributed by atoms with Gasteiger partial charge in [0.15, 0.2) is 0 Å². The lowest BCUT2D eigenvalue weighted by molar-refractivity contribution is -0.384. The van der Waals surface area contributed by atoms with Crippen molar-refractivity contribution in [2.45, 2.75) is 11.8 Å². The van der Waals surface area contributed by atoms with Crippen molar-refractivity contribution in [2.75, 3.05) is 6.26 Å². The topological polar surface area (TPSA) is 43.1 Å². The van der Waals surface area contributed by atoms with Crippen molar-refractivity contribution in [2.24, 2.45) is 0 Å². The van der Waals surface area contributed by atoms with Gasteiger partial charge in [0.1, 0.15) is 5.02 Å². The van der Waals surface area contributed by atoms with Crippen LogP contribution in [0.15, 0.2) is 17.0 Å². The molecule has 0 radical (unpaired) electrons. The first-order valence-corrected chi connectivity index (χ1v) is 5.15. The lowest BCUT2D eigenvalue weighted by Crippen LogP contribution is -1.91. The molecule has 1 aromatic carbocycles. The third-order valence-corrected chi connectivity index (χ3v) is 2.84. The van der Waals surface area contributed by atoms with E-state index in [2.05, 4.69) is 0 Å². The van der Waals surface area contributed by atoms with Crippen molar-refractivity contribution in [1.82, 2.24) is 0 Å². The Morgan fingerprint density at radius 1 is 1.54 bits per heavy atom. The maximum absolute atomic E-state index is 10.5. The van der Waals surface area contributed by atoms with Crippen LogP contribution in [0, 0.1) is 17.0 Å². The van der Waals surface area contributed by atoms with E-state index in [-0.39, 0.29) is 10.7 Å². The molecular formula is C8H8ClNO2S. The highest BCUT2D eigenvalue weighted by Gasteiger charge is 2.14. The lowest BCUT2D eigenvalue weighted by atomic mass is 10.2. The highest BCUT2D eigenvalue weighted by Crippen LogP contribution is 2.31. The molecule has 1 rings (SSSR count). The van der Waals surface area contributed by atoms with E-state index in [0.29, 0.717) is 0 Å². The number of halogens is 1. The quantitative estimate of drug-likeness (QED) is 0.434. The summed E-state index contributed by atoms with van der Waals surface area (Å²) in [6.07, 6.45) is 1.91. The second-order valence-electron chi connectivity index (χ2n) is 2.53. The van der Waals surface area contributed by atoms with Crippen molar-refractivity contribution in [3.05, 3.63) is 32.8 Å². The van der Waals surface area contributed by atoms with Crippen molar-refractivity contribution in [1.29, 1.82) is 0 Å². The average molecular weight is 218 g/mol. The fourth-order valence-electron chi connectivity index (χ4n) is 1.01. The summed E-state index contributed by atoms with van der Waals surface area (Å²) < 4.78 is 0. The first kappa shape index (κ1) is 10.3. The summed E-state index contributed by atoms with van der Waals surface area (Å²) >= 11 is 7.24. The van der Waals surface area contributed by atoms with Crippen LogP contribution in [-0.4, -0.2) is 11.2 Å². The number of rotatable bonds is 2. The van der Waals surface area contributed by atoms with E-state index in [1.165, 1.54) is 17.8 Å². The van der Waals surface area contributed by atoms with E-state index in [1.54, 1.807) is 6.07 Å². The SMILES string of the molecule is CSc1cc(Cl)c([N+](=O)[O-])cc1C. The van der Waals surface area contributed by atoms with E-state index in [0.717, 1.165) is 10.5 Å². The number of nitro benzene ring substituents is 1. The van der Waals surface area contributed by atoms with E-state index in [4.69, 9.17) is 11.6 Å². The normalized spacial score (nSPS) is 10.1. The van der Waals surface area contributed by atoms with Gasteiger partial charge in [-0.3, -0.25) is 10.1 Å². The third-order valence-electron chi connectivity index (χ3n) is 1.66. The smallest absolute Gasteiger partial charge is 0.258 e. The summed E-state index contributed by atoms with van der Waals surface area (Å²) in [6.45, 7) is 1.83. The Hall–Kier alpha value is -0.740. The minimum atomic E-state index is -0.473. The van der Waals surface area contributed by atoms with E-state index < -0.39 is 4.92 Å². The fourth-order valence-corrected chi connectivity index (χ4v) is 1.92. The van der Waals surface area contributed by atoms with Crippen LogP contribution in [0.4, 0.5) is 5.69 Å². The molecule has 0 spiro atoms. The maximum Gasteiger partial charge on any atom is 0.288 e. The summed E-state index contributed by atoms with van der Waals surface area (Å²) in [5.74, 6) is 0. The van der Waals surface area contributed by atoms with Crippen molar-refractivity contribution in [3.63, 3.8) is 0 Å². The molecule has 70 valence electrons. The van der Waals surface area contributed by atoms with E-state index in [9.17, 15) is 10.1 Å². The number of benzene rings is 1. The third kappa shape index (κ3) is 2.14. The molecule has 0 aliphatic rings. The van der Waals surface area contributed by atoms with Gasteiger partial charge < -0.3 is 0 Å². The molecule has 0 N–H and O–H groups in total. The Kier molecular flexibility index (Phi) is 3.17. The highest BCUT2D eigenvalue weighted by atomic mass is 35.5. The van der Waals surface area contributed by atoms with Crippen LogP contribution in [-0.2, 0) is 0 Å². The molecule has 0 unspecified atom stereocenters. The van der Waals surface area contributed by atoms with E-state index in [1.807, 2.05) is 13.2 Å². The zero-order chi connectivity index (χ0) is 10.0. The molecule has 0 aromatic heterocycles. The summed E-state index contributed by atoms with van der Waals surface area (Å²) in [5, 5.41) is 10.7. The zero-order valence-electron chi connectivity index (χ0n) is 7.20. The van der Waals surface area contributed by atoms with Gasteiger partial charge in [-0.1, -0.05) is 11.6 Å². The van der Waals surface area contributed by atoms with Crippen LogP contribution in [0.3, 0.4) is 0 Å². The molecule has 0 saturated heterocycles. The molecule has 0 atom stereocenters. The fraction of sp³-hybridized carbons (Fsp3) is 0.250. The van der Waals surface area contributed by atoms with Gasteiger partial charge in [-0.25, -0.2) is 0 Å². The van der Waals surface area contributed by atoms with Crippen molar-refractivity contribution >= 4 is 29.1 Å². The van der Waals surface area contributed by atoms with Crippen LogP contribution in [0.25, 0.3) is 0 Å². The van der Waals surface area contributed by atoms with Gasteiger partial charge in [0.25, 0.3) is 5.69 Å². The molecule has 0 aliphatic heterocycles. The largest absolute Gasteiger partial charge is 0.288 e. The van der Waals surface area contributed by atoms with Gasteiger partial charge in [-0.15, -0.1) is 11.8 Å². The van der Waals surface area contributed by atoms with Crippen LogP contribution in [0.1, 0.15) is 5.56 Å². The second-order valence-corrected chi connectivity index (χ2v) is 3.79. The Morgan fingerprint density at radius 2 is 2.15 bits per heavy atom. The zero-order valence-corrected chi connectivity index (χ0v) is 8.78. The molecule has 1 aromatic rings. The first-order valence-electron chi connectivity index (χ1n) is 3.54. The Bertz CT molecular complexity index is 354. The predicted octanol–water partition coefficient (Wildman–Crippen LogP) is 3.28. The van der Waals surface area contributed by atoms with E-state index >= 15 is 0 Å².